The highest BCUT2D eigenvalue weighted by molar-refractivity contribution is 6.30. The molecule has 2 rings (SSSR count). The summed E-state index contributed by atoms with van der Waals surface area (Å²) in [5, 5.41) is 9.25. The summed E-state index contributed by atoms with van der Waals surface area (Å²) in [6.45, 7) is 0.818. The van der Waals surface area contributed by atoms with Gasteiger partial charge in [-0.3, -0.25) is 4.79 Å². The van der Waals surface area contributed by atoms with Gasteiger partial charge in [0.05, 0.1) is 12.0 Å². The third kappa shape index (κ3) is 1.31. The monoisotopic (exact) mass is 200 g/mol. The van der Waals surface area contributed by atoms with Crippen molar-refractivity contribution in [2.45, 2.75) is 25.3 Å². The largest absolute Gasteiger partial charge is 0.481 e. The second-order valence-corrected chi connectivity index (χ2v) is 3.51. The zero-order valence-corrected chi connectivity index (χ0v) is 7.66. The van der Waals surface area contributed by atoms with Crippen molar-refractivity contribution in [2.24, 2.45) is 0 Å². The average molecular weight is 201 g/mol. The summed E-state index contributed by atoms with van der Waals surface area (Å²) < 4.78 is 1.82. The molecular weight excluding hydrogens is 192 g/mol. The fourth-order valence-corrected chi connectivity index (χ4v) is 2.02. The Balaban J connectivity index is 2.46. The Labute approximate surface area is 80.1 Å². The summed E-state index contributed by atoms with van der Waals surface area (Å²) >= 11 is 5.80. The number of carboxylic acid groups (broad SMARTS) is 1. The molecule has 4 nitrogen and oxygen atoms in total. The minimum absolute atomic E-state index is 0.326. The van der Waals surface area contributed by atoms with Gasteiger partial charge in [0.25, 0.3) is 0 Å². The van der Waals surface area contributed by atoms with Crippen molar-refractivity contribution in [3.05, 3.63) is 17.2 Å². The molecule has 1 aliphatic rings. The highest BCUT2D eigenvalue weighted by atomic mass is 35.5. The first-order chi connectivity index (χ1) is 6.20. The predicted octanol–water partition coefficient (Wildman–Crippen LogP) is 1.50. The number of carbonyl (C=O) groups is 1. The van der Waals surface area contributed by atoms with Crippen LogP contribution in [0.5, 0.6) is 0 Å². The van der Waals surface area contributed by atoms with Crippen LogP contribution >= 0.6 is 11.6 Å². The zero-order valence-electron chi connectivity index (χ0n) is 6.90. The second kappa shape index (κ2) is 3.03. The number of carboxylic acids is 1. The van der Waals surface area contributed by atoms with Gasteiger partial charge in [-0.25, -0.2) is 4.98 Å². The van der Waals surface area contributed by atoms with Gasteiger partial charge in [-0.1, -0.05) is 11.6 Å². The van der Waals surface area contributed by atoms with E-state index in [-0.39, 0.29) is 0 Å². The van der Waals surface area contributed by atoms with E-state index in [2.05, 4.69) is 4.98 Å². The van der Waals surface area contributed by atoms with Crippen molar-refractivity contribution in [3.8, 4) is 0 Å². The molecule has 2 heterocycles. The quantitative estimate of drug-likeness (QED) is 0.748. The van der Waals surface area contributed by atoms with Crippen LogP contribution in [0.25, 0.3) is 0 Å². The Morgan fingerprint density at radius 2 is 2.54 bits per heavy atom. The van der Waals surface area contributed by atoms with Gasteiger partial charge in [-0.05, 0) is 12.8 Å². The van der Waals surface area contributed by atoms with E-state index in [4.69, 9.17) is 16.7 Å². The molecule has 0 saturated heterocycles. The first-order valence-corrected chi connectivity index (χ1v) is 4.51. The van der Waals surface area contributed by atoms with Crippen molar-refractivity contribution >= 4 is 17.6 Å². The van der Waals surface area contributed by atoms with Gasteiger partial charge >= 0.3 is 5.97 Å². The summed E-state index contributed by atoms with van der Waals surface area (Å²) in [4.78, 5) is 14.8. The SMILES string of the molecule is O=C(O)C1CCCn2cnc(Cl)c21. The molecule has 0 aliphatic carbocycles. The first-order valence-electron chi connectivity index (χ1n) is 4.13. The molecule has 0 fully saturated rings. The lowest BCUT2D eigenvalue weighted by atomic mass is 9.97. The lowest BCUT2D eigenvalue weighted by Crippen LogP contribution is -2.21. The topological polar surface area (TPSA) is 55.1 Å². The van der Waals surface area contributed by atoms with Gasteiger partial charge in [0.15, 0.2) is 5.15 Å². The first kappa shape index (κ1) is 8.56. The maximum absolute atomic E-state index is 10.9. The van der Waals surface area contributed by atoms with Crippen LogP contribution in [0.1, 0.15) is 24.5 Å². The molecule has 5 heteroatoms. The summed E-state index contributed by atoms with van der Waals surface area (Å²) in [5.74, 6) is -1.30. The van der Waals surface area contributed by atoms with E-state index in [0.29, 0.717) is 17.3 Å². The fraction of sp³-hybridized carbons (Fsp3) is 0.500. The van der Waals surface area contributed by atoms with E-state index in [1.807, 2.05) is 4.57 Å². The number of imidazole rings is 1. The number of rotatable bonds is 1. The van der Waals surface area contributed by atoms with Gasteiger partial charge in [0.1, 0.15) is 5.92 Å². The van der Waals surface area contributed by atoms with Crippen molar-refractivity contribution in [3.63, 3.8) is 0 Å². The third-order valence-electron chi connectivity index (χ3n) is 2.35. The highest BCUT2D eigenvalue weighted by Crippen LogP contribution is 2.31. The summed E-state index contributed by atoms with van der Waals surface area (Å²) in [7, 11) is 0. The molecular formula is C8H9ClN2O2. The Morgan fingerprint density at radius 3 is 3.23 bits per heavy atom. The minimum atomic E-state index is -0.816. The van der Waals surface area contributed by atoms with E-state index in [0.717, 1.165) is 13.0 Å². The molecule has 1 aromatic heterocycles. The Hall–Kier alpha value is -1.03. The summed E-state index contributed by atoms with van der Waals surface area (Å²) in [6.07, 6.45) is 3.13. The van der Waals surface area contributed by atoms with Crippen LogP contribution in [0.15, 0.2) is 6.33 Å². The molecule has 0 saturated carbocycles. The summed E-state index contributed by atoms with van der Waals surface area (Å²) in [6, 6.07) is 0. The molecule has 0 radical (unpaired) electrons. The van der Waals surface area contributed by atoms with Crippen LogP contribution in [0.3, 0.4) is 0 Å². The van der Waals surface area contributed by atoms with Crippen LogP contribution in [0.2, 0.25) is 5.15 Å². The van der Waals surface area contributed by atoms with Crippen molar-refractivity contribution in [2.75, 3.05) is 0 Å². The number of fused-ring (bicyclic) bond motifs is 1. The standard InChI is InChI=1S/C8H9ClN2O2/c9-7-6-5(8(12)13)2-1-3-11(6)4-10-7/h4-5H,1-3H2,(H,12,13). The Kier molecular flexibility index (Phi) is 2.00. The van der Waals surface area contributed by atoms with E-state index < -0.39 is 11.9 Å². The van der Waals surface area contributed by atoms with Crippen LogP contribution in [0.4, 0.5) is 0 Å². The normalized spacial score (nSPS) is 21.2. The van der Waals surface area contributed by atoms with Crippen molar-refractivity contribution in [1.29, 1.82) is 0 Å². The van der Waals surface area contributed by atoms with E-state index in [1.54, 1.807) is 6.33 Å². The summed E-state index contributed by atoms with van der Waals surface area (Å²) in [5.41, 5.74) is 0.653. The number of aryl methyl sites for hydroxylation is 1. The maximum Gasteiger partial charge on any atom is 0.312 e. The van der Waals surface area contributed by atoms with Crippen LogP contribution in [-0.2, 0) is 11.3 Å². The molecule has 0 aromatic carbocycles. The second-order valence-electron chi connectivity index (χ2n) is 3.15. The number of hydrogen-bond donors (Lipinski definition) is 1. The van der Waals surface area contributed by atoms with Gasteiger partial charge < -0.3 is 9.67 Å². The Morgan fingerprint density at radius 1 is 1.77 bits per heavy atom. The lowest BCUT2D eigenvalue weighted by Gasteiger charge is -2.20. The van der Waals surface area contributed by atoms with E-state index >= 15 is 0 Å². The smallest absolute Gasteiger partial charge is 0.312 e. The van der Waals surface area contributed by atoms with Gasteiger partial charge in [-0.2, -0.15) is 0 Å². The Bertz CT molecular complexity index is 348. The average Bonchev–Trinajstić information content (AvgIpc) is 2.48. The molecule has 1 unspecified atom stereocenters. The van der Waals surface area contributed by atoms with E-state index in [9.17, 15) is 4.79 Å². The minimum Gasteiger partial charge on any atom is -0.481 e. The molecule has 1 aliphatic heterocycles. The number of hydrogen-bond acceptors (Lipinski definition) is 2. The van der Waals surface area contributed by atoms with Crippen LogP contribution in [0, 0.1) is 0 Å². The predicted molar refractivity (Wildman–Crippen MR) is 46.8 cm³/mol. The highest BCUT2D eigenvalue weighted by Gasteiger charge is 2.29. The molecule has 0 spiro atoms. The lowest BCUT2D eigenvalue weighted by molar-refractivity contribution is -0.139. The third-order valence-corrected chi connectivity index (χ3v) is 2.64. The number of nitrogens with zero attached hydrogens (tertiary/aromatic N) is 2. The zero-order chi connectivity index (χ0) is 9.42. The molecule has 13 heavy (non-hydrogen) atoms. The van der Waals surface area contributed by atoms with Crippen LogP contribution < -0.4 is 0 Å². The van der Waals surface area contributed by atoms with Gasteiger partial charge in [0.2, 0.25) is 0 Å². The van der Waals surface area contributed by atoms with Crippen LogP contribution in [-0.4, -0.2) is 20.6 Å². The van der Waals surface area contributed by atoms with Gasteiger partial charge in [0, 0.05) is 6.54 Å². The van der Waals surface area contributed by atoms with Crippen molar-refractivity contribution in [1.82, 2.24) is 9.55 Å². The molecule has 70 valence electrons. The molecule has 1 N–H and O–H groups in total. The molecule has 0 bridgehead atoms. The number of halogens is 1. The fourth-order valence-electron chi connectivity index (χ4n) is 1.73. The number of aromatic nitrogens is 2. The van der Waals surface area contributed by atoms with Crippen molar-refractivity contribution < 1.29 is 9.90 Å². The maximum atomic E-state index is 10.9. The molecule has 0 amide bonds. The van der Waals surface area contributed by atoms with Gasteiger partial charge in [-0.15, -0.1) is 0 Å². The number of aliphatic carboxylic acids is 1. The molecule has 1 aromatic rings. The molecule has 1 atom stereocenters. The van der Waals surface area contributed by atoms with E-state index in [1.165, 1.54) is 0 Å².